The number of nitrogen functional groups attached to an aromatic ring is 1. The van der Waals surface area contributed by atoms with E-state index in [1.807, 2.05) is 47.2 Å². The van der Waals surface area contributed by atoms with Crippen LogP contribution in [-0.4, -0.2) is 28.7 Å². The number of anilines is 2. The van der Waals surface area contributed by atoms with Crippen LogP contribution in [0.2, 0.25) is 0 Å². The molecule has 3 heterocycles. The van der Waals surface area contributed by atoms with Crippen LogP contribution in [0.1, 0.15) is 17.5 Å². The summed E-state index contributed by atoms with van der Waals surface area (Å²) in [6.45, 7) is 0. The highest BCUT2D eigenvalue weighted by atomic mass is 32.2. The number of benzene rings is 1. The fraction of sp³-hybridized carbons (Fsp3) is 0.125. The molecular weight excluding hydrogens is 501 g/mol. The minimum Gasteiger partial charge on any atom is -0.496 e. The number of nitrogens with two attached hydrogens (primary N) is 1. The van der Waals surface area contributed by atoms with Crippen LogP contribution in [0.15, 0.2) is 52.2 Å². The summed E-state index contributed by atoms with van der Waals surface area (Å²) in [6, 6.07) is 15.4. The fourth-order valence-electron chi connectivity index (χ4n) is 3.30. The molecule has 3 N–H and O–H groups in total. The van der Waals surface area contributed by atoms with E-state index >= 15 is 0 Å². The van der Waals surface area contributed by atoms with E-state index in [1.54, 1.807) is 7.11 Å². The van der Waals surface area contributed by atoms with Gasteiger partial charge < -0.3 is 15.8 Å². The second-order valence-electron chi connectivity index (χ2n) is 7.01. The second-order valence-corrected chi connectivity index (χ2v) is 9.90. The zero-order chi connectivity index (χ0) is 24.8. The Labute approximate surface area is 214 Å². The van der Waals surface area contributed by atoms with Crippen LogP contribution in [0, 0.1) is 22.7 Å². The van der Waals surface area contributed by atoms with Gasteiger partial charge >= 0.3 is 0 Å². The maximum absolute atomic E-state index is 12.5. The van der Waals surface area contributed by atoms with Crippen molar-refractivity contribution in [3.63, 3.8) is 0 Å². The van der Waals surface area contributed by atoms with Crippen molar-refractivity contribution in [2.75, 3.05) is 23.9 Å². The Balaban J connectivity index is 1.44. The molecule has 0 aliphatic heterocycles. The first-order valence-corrected chi connectivity index (χ1v) is 13.0. The van der Waals surface area contributed by atoms with Gasteiger partial charge in [-0.3, -0.25) is 4.79 Å². The molecule has 0 aliphatic carbocycles. The number of carbonyl (C=O) groups excluding carboxylic acids is 1. The first kappa shape index (κ1) is 24.2. The maximum Gasteiger partial charge on any atom is 0.226 e. The summed E-state index contributed by atoms with van der Waals surface area (Å²) in [5, 5.41) is 26.8. The second kappa shape index (κ2) is 11.0. The summed E-state index contributed by atoms with van der Waals surface area (Å²) in [7, 11) is 1.60. The molecule has 1 aromatic carbocycles. The molecule has 4 aromatic rings. The molecule has 0 bridgehead atoms. The molecule has 0 atom stereocenters. The van der Waals surface area contributed by atoms with Crippen molar-refractivity contribution in [1.82, 2.24) is 9.97 Å². The largest absolute Gasteiger partial charge is 0.496 e. The summed E-state index contributed by atoms with van der Waals surface area (Å²) in [5.74, 6) is 0.926. The number of nitrogens with one attached hydrogen (secondary N) is 1. The van der Waals surface area contributed by atoms with Crippen LogP contribution < -0.4 is 15.8 Å². The van der Waals surface area contributed by atoms with Crippen LogP contribution in [0.4, 0.5) is 10.9 Å². The van der Waals surface area contributed by atoms with E-state index in [4.69, 9.17) is 10.5 Å². The third-order valence-corrected chi connectivity index (χ3v) is 7.51. The Kier molecular flexibility index (Phi) is 7.63. The van der Waals surface area contributed by atoms with Crippen LogP contribution in [0.25, 0.3) is 21.7 Å². The Bertz CT molecular complexity index is 1450. The molecule has 3 aromatic heterocycles. The first-order chi connectivity index (χ1) is 17.0. The van der Waals surface area contributed by atoms with Gasteiger partial charge in [0.15, 0.2) is 5.13 Å². The Morgan fingerprint density at radius 3 is 2.66 bits per heavy atom. The quantitative estimate of drug-likeness (QED) is 0.296. The average molecular weight is 519 g/mol. The highest BCUT2D eigenvalue weighted by Gasteiger charge is 2.21. The lowest BCUT2D eigenvalue weighted by atomic mass is 10.0. The number of para-hydroxylation sites is 1. The topological polar surface area (TPSA) is 138 Å². The number of ether oxygens (including phenoxy) is 1. The molecule has 174 valence electrons. The van der Waals surface area contributed by atoms with Gasteiger partial charge in [0.1, 0.15) is 34.3 Å². The number of carbonyl (C=O) groups is 1. The molecule has 0 saturated carbocycles. The van der Waals surface area contributed by atoms with Crippen LogP contribution >= 0.6 is 34.4 Å². The lowest BCUT2D eigenvalue weighted by Crippen LogP contribution is -2.12. The minimum absolute atomic E-state index is 0.0634. The van der Waals surface area contributed by atoms with E-state index in [2.05, 4.69) is 27.4 Å². The Morgan fingerprint density at radius 2 is 1.94 bits per heavy atom. The van der Waals surface area contributed by atoms with Crippen molar-refractivity contribution < 1.29 is 9.53 Å². The SMILES string of the molecule is COc1ccccc1-c1csc(NC(=O)CCSc2nc(N)c(C#N)c(-c3cccs3)c2C#N)n1. The summed E-state index contributed by atoms with van der Waals surface area (Å²) in [6.07, 6.45) is 0.176. The van der Waals surface area contributed by atoms with E-state index in [0.29, 0.717) is 32.9 Å². The normalized spacial score (nSPS) is 10.4. The summed E-state index contributed by atoms with van der Waals surface area (Å²) < 4.78 is 5.38. The average Bonchev–Trinajstić information content (AvgIpc) is 3.56. The van der Waals surface area contributed by atoms with E-state index in [1.165, 1.54) is 34.4 Å². The van der Waals surface area contributed by atoms with Crippen molar-refractivity contribution in [2.24, 2.45) is 0 Å². The number of nitriles is 2. The zero-order valence-corrected chi connectivity index (χ0v) is 20.9. The number of amides is 1. The van der Waals surface area contributed by atoms with Gasteiger partial charge in [0.2, 0.25) is 5.91 Å². The summed E-state index contributed by atoms with van der Waals surface area (Å²) in [4.78, 5) is 22.0. The number of thioether (sulfide) groups is 1. The Hall–Kier alpha value is -3.90. The number of aromatic nitrogens is 2. The number of hydrogen-bond donors (Lipinski definition) is 2. The van der Waals surface area contributed by atoms with E-state index in [0.717, 1.165) is 10.4 Å². The van der Waals surface area contributed by atoms with Crippen molar-refractivity contribution >= 4 is 51.3 Å². The smallest absolute Gasteiger partial charge is 0.226 e. The highest BCUT2D eigenvalue weighted by Crippen LogP contribution is 2.38. The number of thiazole rings is 1. The number of rotatable bonds is 8. The standard InChI is InChI=1S/C24H18N6O2S3/c1-32-18-6-3-2-5-14(18)17-13-35-24(28-17)29-20(31)8-10-34-23-16(12-26)21(19-7-4-9-33-19)15(11-25)22(27)30-23/h2-7,9,13H,8,10H2,1H3,(H2,27,30)(H,28,29,31). The predicted octanol–water partition coefficient (Wildman–Crippen LogP) is 5.39. The molecule has 1 amide bonds. The number of hydrogen-bond acceptors (Lipinski definition) is 10. The van der Waals surface area contributed by atoms with E-state index in [9.17, 15) is 15.3 Å². The molecule has 11 heteroatoms. The third-order valence-electron chi connectivity index (χ3n) is 4.88. The molecule has 0 fully saturated rings. The molecule has 0 unspecified atom stereocenters. The molecule has 0 aliphatic rings. The lowest BCUT2D eigenvalue weighted by Gasteiger charge is -2.11. The number of nitrogens with zero attached hydrogens (tertiary/aromatic N) is 4. The number of pyridine rings is 1. The highest BCUT2D eigenvalue weighted by molar-refractivity contribution is 7.99. The number of methoxy groups -OCH3 is 1. The van der Waals surface area contributed by atoms with Gasteiger partial charge in [-0.15, -0.1) is 34.4 Å². The van der Waals surface area contributed by atoms with Crippen molar-refractivity contribution in [3.8, 4) is 39.6 Å². The number of thiophene rings is 1. The van der Waals surface area contributed by atoms with Crippen LogP contribution in [0.5, 0.6) is 5.75 Å². The minimum atomic E-state index is -0.211. The van der Waals surface area contributed by atoms with E-state index < -0.39 is 0 Å². The fourth-order valence-corrected chi connectivity index (χ4v) is 5.75. The zero-order valence-electron chi connectivity index (χ0n) is 18.4. The van der Waals surface area contributed by atoms with Gasteiger partial charge in [-0.1, -0.05) is 18.2 Å². The van der Waals surface area contributed by atoms with Gasteiger partial charge in [-0.05, 0) is 23.6 Å². The maximum atomic E-state index is 12.5. The molecular formula is C24H18N6O2S3. The molecule has 4 rings (SSSR count). The van der Waals surface area contributed by atoms with Crippen LogP contribution in [-0.2, 0) is 4.79 Å². The van der Waals surface area contributed by atoms with E-state index in [-0.39, 0.29) is 29.3 Å². The van der Waals surface area contributed by atoms with Gasteiger partial charge in [-0.25, -0.2) is 9.97 Å². The monoisotopic (exact) mass is 518 g/mol. The van der Waals surface area contributed by atoms with Gasteiger partial charge in [0, 0.05) is 33.6 Å². The molecule has 35 heavy (non-hydrogen) atoms. The van der Waals surface area contributed by atoms with Crippen LogP contribution in [0.3, 0.4) is 0 Å². The summed E-state index contributed by atoms with van der Waals surface area (Å²) >= 11 is 3.99. The lowest BCUT2D eigenvalue weighted by molar-refractivity contribution is -0.115. The van der Waals surface area contributed by atoms with Crippen molar-refractivity contribution in [2.45, 2.75) is 11.4 Å². The van der Waals surface area contributed by atoms with Gasteiger partial charge in [-0.2, -0.15) is 10.5 Å². The molecule has 0 spiro atoms. The molecule has 0 radical (unpaired) electrons. The summed E-state index contributed by atoms with van der Waals surface area (Å²) in [5.41, 5.74) is 8.53. The first-order valence-electron chi connectivity index (χ1n) is 10.2. The molecule has 0 saturated heterocycles. The molecule has 8 nitrogen and oxygen atoms in total. The van der Waals surface area contributed by atoms with Crippen molar-refractivity contribution in [1.29, 1.82) is 10.5 Å². The van der Waals surface area contributed by atoms with Gasteiger partial charge in [0.05, 0.1) is 18.4 Å². The third kappa shape index (κ3) is 5.28. The van der Waals surface area contributed by atoms with Gasteiger partial charge in [0.25, 0.3) is 0 Å². The predicted molar refractivity (Wildman–Crippen MR) is 139 cm³/mol. The Morgan fingerprint density at radius 1 is 1.14 bits per heavy atom. The van der Waals surface area contributed by atoms with Crippen molar-refractivity contribution in [3.05, 3.63) is 58.3 Å².